The van der Waals surface area contributed by atoms with Gasteiger partial charge in [-0.15, -0.1) is 6.58 Å². The number of halogens is 4. The number of nitrogens with zero attached hydrogens (tertiary/aromatic N) is 3. The van der Waals surface area contributed by atoms with E-state index in [1.165, 1.54) is 6.07 Å². The maximum Gasteiger partial charge on any atom is 0.417 e. The molecule has 0 N–H and O–H groups in total. The first-order valence-electron chi connectivity index (χ1n) is 15.8. The largest absolute Gasteiger partial charge is 0.454 e. The minimum atomic E-state index is -4.53. The van der Waals surface area contributed by atoms with Crippen molar-refractivity contribution in [1.29, 1.82) is 0 Å². The zero-order chi connectivity index (χ0) is 34.4. The van der Waals surface area contributed by atoms with Gasteiger partial charge in [-0.25, -0.2) is 4.98 Å². The summed E-state index contributed by atoms with van der Waals surface area (Å²) in [6, 6.07) is 19.8. The molecule has 0 bridgehead atoms. The number of unbranched alkanes of at least 4 members (excludes halogenated alkanes) is 1. The van der Waals surface area contributed by atoms with E-state index in [1.807, 2.05) is 88.4 Å². The average molecular weight is 668 g/mol. The summed E-state index contributed by atoms with van der Waals surface area (Å²) in [5.41, 5.74) is 3.48. The van der Waals surface area contributed by atoms with Gasteiger partial charge in [-0.2, -0.15) is 13.2 Å². The van der Waals surface area contributed by atoms with Crippen LogP contribution in [0.2, 0.25) is 5.02 Å². The van der Waals surface area contributed by atoms with Crippen molar-refractivity contribution in [2.45, 2.75) is 79.8 Å². The molecule has 1 aliphatic heterocycles. The minimum Gasteiger partial charge on any atom is -0.454 e. The van der Waals surface area contributed by atoms with E-state index in [0.717, 1.165) is 53.8 Å². The lowest BCUT2D eigenvalue weighted by Crippen LogP contribution is -2.25. The van der Waals surface area contributed by atoms with E-state index in [4.69, 9.17) is 26.1 Å². The van der Waals surface area contributed by atoms with Crippen LogP contribution in [0, 0.1) is 6.92 Å². The van der Waals surface area contributed by atoms with E-state index in [-0.39, 0.29) is 18.4 Å². The Balaban J connectivity index is 0.000000784. The Morgan fingerprint density at radius 2 is 1.62 bits per heavy atom. The molecule has 0 saturated carbocycles. The molecule has 0 fully saturated rings. The Morgan fingerprint density at radius 1 is 0.936 bits per heavy atom. The van der Waals surface area contributed by atoms with Crippen LogP contribution < -0.4 is 9.47 Å². The third-order valence-electron chi connectivity index (χ3n) is 7.37. The van der Waals surface area contributed by atoms with Crippen LogP contribution in [0.1, 0.15) is 68.6 Å². The second-order valence-electron chi connectivity index (χ2n) is 11.0. The summed E-state index contributed by atoms with van der Waals surface area (Å²) in [6.45, 7) is 15.5. The average Bonchev–Trinajstić information content (AvgIpc) is 3.65. The lowest BCUT2D eigenvalue weighted by Gasteiger charge is -2.25. The molecule has 0 aliphatic carbocycles. The number of hydrogen-bond donors (Lipinski definition) is 0. The maximum absolute atomic E-state index is 13.6. The topological polar surface area (TPSA) is 39.5 Å². The van der Waals surface area contributed by atoms with Crippen molar-refractivity contribution in [2.24, 2.45) is 0 Å². The monoisotopic (exact) mass is 667 g/mol. The van der Waals surface area contributed by atoms with E-state index in [0.29, 0.717) is 30.2 Å². The van der Waals surface area contributed by atoms with Crippen molar-refractivity contribution in [3.8, 4) is 22.9 Å². The van der Waals surface area contributed by atoms with Crippen LogP contribution in [0.3, 0.4) is 0 Å². The molecule has 9 heteroatoms. The Bertz CT molecular complexity index is 1600. The van der Waals surface area contributed by atoms with Gasteiger partial charge in [0.1, 0.15) is 5.82 Å². The number of imidazole rings is 1. The number of aryl methyl sites for hydroxylation is 1. The van der Waals surface area contributed by atoms with Crippen molar-refractivity contribution in [3.05, 3.63) is 125 Å². The summed E-state index contributed by atoms with van der Waals surface area (Å²) in [5.74, 6) is 2.23. The van der Waals surface area contributed by atoms with Gasteiger partial charge in [0.2, 0.25) is 6.79 Å². The second-order valence-corrected chi connectivity index (χ2v) is 11.4. The standard InChI is InChI=1S/C31H31ClF3N3O2.C4H8.C3H6/c1-3-4-15-38-26(21(2)36-30(38)23-9-6-5-7-10-23)19-37(17-22-13-14-27-28(16-22)40-20-39-27)18-24-11-8-12-25(29(24)32)31(33,34)35;1-3-4-2;1-3-2/h5-14,16H,3-4,15,17-20H2,1-2H3;3-4H,1-2H3;3H,1H2,2H3/b;4-3-;. The Kier molecular flexibility index (Phi) is 14.6. The Morgan fingerprint density at radius 3 is 2.26 bits per heavy atom. The Hall–Kier alpha value is -4.01. The summed E-state index contributed by atoms with van der Waals surface area (Å²) in [4.78, 5) is 7.03. The van der Waals surface area contributed by atoms with Crippen molar-refractivity contribution in [1.82, 2.24) is 14.5 Å². The molecule has 5 rings (SSSR count). The third kappa shape index (κ3) is 10.5. The highest BCUT2D eigenvalue weighted by Crippen LogP contribution is 2.37. The van der Waals surface area contributed by atoms with Gasteiger partial charge in [0.05, 0.1) is 22.0 Å². The number of hydrogen-bond acceptors (Lipinski definition) is 4. The summed E-state index contributed by atoms with van der Waals surface area (Å²) in [5, 5.41) is -0.271. The number of aromatic nitrogens is 2. The molecule has 2 heterocycles. The van der Waals surface area contributed by atoms with Crippen molar-refractivity contribution in [2.75, 3.05) is 6.79 Å². The van der Waals surface area contributed by atoms with Gasteiger partial charge >= 0.3 is 6.18 Å². The lowest BCUT2D eigenvalue weighted by atomic mass is 10.1. The quantitative estimate of drug-likeness (QED) is 0.158. The summed E-state index contributed by atoms with van der Waals surface area (Å²) < 4.78 is 54.2. The zero-order valence-electron chi connectivity index (χ0n) is 27.9. The molecule has 1 aromatic heterocycles. The molecular weight excluding hydrogens is 623 g/mol. The summed E-state index contributed by atoms with van der Waals surface area (Å²) >= 11 is 6.33. The molecule has 0 spiro atoms. The fraction of sp³-hybridized carbons (Fsp3) is 0.342. The SMILES string of the molecule is C/C=C\C.C=CC.CCCCn1c(-c2ccccc2)nc(C)c1CN(Cc1ccc2c(c1)OCO2)Cc1cccc(C(F)(F)F)c1Cl. The molecule has 0 radical (unpaired) electrons. The molecule has 0 unspecified atom stereocenters. The van der Waals surface area contributed by atoms with Gasteiger partial charge in [-0.05, 0) is 63.4 Å². The molecular formula is C38H45ClF3N3O2. The number of rotatable bonds is 10. The highest BCUT2D eigenvalue weighted by atomic mass is 35.5. The molecule has 0 saturated heterocycles. The lowest BCUT2D eigenvalue weighted by molar-refractivity contribution is -0.137. The van der Waals surface area contributed by atoms with Crippen molar-refractivity contribution in [3.63, 3.8) is 0 Å². The predicted octanol–water partition coefficient (Wildman–Crippen LogP) is 11.0. The van der Waals surface area contributed by atoms with Gasteiger partial charge in [0, 0.05) is 31.7 Å². The van der Waals surface area contributed by atoms with Crippen LogP contribution in [0.25, 0.3) is 11.4 Å². The first-order chi connectivity index (χ1) is 22.6. The van der Waals surface area contributed by atoms with E-state index in [1.54, 1.807) is 12.1 Å². The number of benzene rings is 3. The molecule has 252 valence electrons. The van der Waals surface area contributed by atoms with Gasteiger partial charge in [-0.1, -0.05) is 91.7 Å². The van der Waals surface area contributed by atoms with E-state index < -0.39 is 11.7 Å². The molecule has 0 amide bonds. The van der Waals surface area contributed by atoms with Crippen molar-refractivity contribution >= 4 is 11.6 Å². The molecule has 5 nitrogen and oxygen atoms in total. The zero-order valence-corrected chi connectivity index (χ0v) is 28.7. The van der Waals surface area contributed by atoms with Gasteiger partial charge in [0.25, 0.3) is 0 Å². The van der Waals surface area contributed by atoms with Gasteiger partial charge < -0.3 is 14.0 Å². The highest BCUT2D eigenvalue weighted by Gasteiger charge is 2.34. The molecule has 47 heavy (non-hydrogen) atoms. The van der Waals surface area contributed by atoms with Crippen LogP contribution >= 0.6 is 11.6 Å². The number of allylic oxidation sites excluding steroid dienone is 3. The summed E-state index contributed by atoms with van der Waals surface area (Å²) in [7, 11) is 0. The molecule has 1 aliphatic rings. The maximum atomic E-state index is 13.6. The van der Waals surface area contributed by atoms with Crippen LogP contribution in [-0.4, -0.2) is 21.2 Å². The van der Waals surface area contributed by atoms with Gasteiger partial charge in [0.15, 0.2) is 11.5 Å². The fourth-order valence-electron chi connectivity index (χ4n) is 5.01. The van der Waals surface area contributed by atoms with E-state index in [2.05, 4.69) is 23.0 Å². The third-order valence-corrected chi connectivity index (χ3v) is 7.81. The highest BCUT2D eigenvalue weighted by molar-refractivity contribution is 6.32. The van der Waals surface area contributed by atoms with Crippen LogP contribution in [0.4, 0.5) is 13.2 Å². The van der Waals surface area contributed by atoms with Crippen molar-refractivity contribution < 1.29 is 22.6 Å². The van der Waals surface area contributed by atoms with Gasteiger partial charge in [-0.3, -0.25) is 4.90 Å². The smallest absolute Gasteiger partial charge is 0.417 e. The molecule has 0 atom stereocenters. The summed E-state index contributed by atoms with van der Waals surface area (Å²) in [6.07, 6.45) is 3.21. The van der Waals surface area contributed by atoms with E-state index in [9.17, 15) is 13.2 Å². The van der Waals surface area contributed by atoms with Crippen LogP contribution in [0.5, 0.6) is 11.5 Å². The molecule has 3 aromatic carbocycles. The fourth-order valence-corrected chi connectivity index (χ4v) is 5.30. The first kappa shape index (κ1) is 37.4. The Labute approximate surface area is 282 Å². The first-order valence-corrected chi connectivity index (χ1v) is 16.2. The second kappa shape index (κ2) is 18.4. The number of alkyl halides is 3. The number of ether oxygens (including phenoxy) is 2. The predicted molar refractivity (Wildman–Crippen MR) is 186 cm³/mol. The van der Waals surface area contributed by atoms with E-state index >= 15 is 0 Å². The van der Waals surface area contributed by atoms with Crippen LogP contribution in [0.15, 0.2) is 91.5 Å². The molecule has 4 aromatic rings. The minimum absolute atomic E-state index is 0.167. The van der Waals surface area contributed by atoms with Crippen LogP contribution in [-0.2, 0) is 32.4 Å². The normalized spacial score (nSPS) is 12.0. The number of fused-ring (bicyclic) bond motifs is 1.